The van der Waals surface area contributed by atoms with E-state index in [2.05, 4.69) is 4.90 Å². The molecule has 0 amide bonds. The van der Waals surface area contributed by atoms with Gasteiger partial charge in [0, 0.05) is 18.5 Å². The number of rotatable bonds is 9. The fourth-order valence-corrected chi connectivity index (χ4v) is 4.57. The van der Waals surface area contributed by atoms with Crippen LogP contribution in [-0.4, -0.2) is 47.9 Å². The summed E-state index contributed by atoms with van der Waals surface area (Å²) in [5.74, 6) is -0.0711. The van der Waals surface area contributed by atoms with Crippen LogP contribution in [0.4, 0.5) is 8.78 Å². The minimum absolute atomic E-state index is 0.130. The normalized spacial score (nSPS) is 21.5. The molecule has 0 radical (unpaired) electrons. The van der Waals surface area contributed by atoms with Gasteiger partial charge in [-0.25, -0.2) is 13.6 Å². The number of alkyl halides is 1. The highest BCUT2D eigenvalue weighted by atomic mass is 19.1. The molecule has 0 spiro atoms. The average Bonchev–Trinajstić information content (AvgIpc) is 2.79. The minimum atomic E-state index is -1.07. The quantitative estimate of drug-likeness (QED) is 0.492. The molecule has 0 unspecified atom stereocenters. The van der Waals surface area contributed by atoms with Crippen molar-refractivity contribution in [2.24, 2.45) is 5.92 Å². The Hall–Kier alpha value is -1.95. The summed E-state index contributed by atoms with van der Waals surface area (Å²) in [6, 6.07) is 0. The molecular formula is C25H35F2NO3. The van der Waals surface area contributed by atoms with Gasteiger partial charge in [-0.05, 0) is 87.3 Å². The van der Waals surface area contributed by atoms with Crippen LogP contribution in [0, 0.1) is 5.92 Å². The highest BCUT2D eigenvalue weighted by molar-refractivity contribution is 5.87. The molecule has 0 aromatic carbocycles. The van der Waals surface area contributed by atoms with Gasteiger partial charge in [0.15, 0.2) is 0 Å². The Morgan fingerprint density at radius 2 is 1.87 bits per heavy atom. The van der Waals surface area contributed by atoms with Crippen molar-refractivity contribution in [2.75, 3.05) is 26.2 Å². The molecule has 1 N–H and O–H groups in total. The van der Waals surface area contributed by atoms with Crippen molar-refractivity contribution >= 4 is 5.97 Å². The van der Waals surface area contributed by atoms with E-state index in [1.165, 1.54) is 0 Å². The fourth-order valence-electron chi connectivity index (χ4n) is 4.57. The SMILES string of the molecule is CCC(F)(CC)CN1CCC(COC2=CC=C(C3=C(F)C=C(C(=O)O)CC3)CC2)CC1. The van der Waals surface area contributed by atoms with Gasteiger partial charge in [0.25, 0.3) is 0 Å². The number of carboxylic acids is 1. The highest BCUT2D eigenvalue weighted by Crippen LogP contribution is 2.35. The largest absolute Gasteiger partial charge is 0.498 e. The molecule has 1 fully saturated rings. The summed E-state index contributed by atoms with van der Waals surface area (Å²) in [6.07, 6.45) is 10.4. The lowest BCUT2D eigenvalue weighted by atomic mass is 9.88. The highest BCUT2D eigenvalue weighted by Gasteiger charge is 2.30. The van der Waals surface area contributed by atoms with Crippen LogP contribution in [0.5, 0.6) is 0 Å². The van der Waals surface area contributed by atoms with Crippen molar-refractivity contribution in [1.82, 2.24) is 4.90 Å². The maximum absolute atomic E-state index is 14.6. The zero-order chi connectivity index (χ0) is 22.4. The first kappa shape index (κ1) is 23.7. The summed E-state index contributed by atoms with van der Waals surface area (Å²) in [7, 11) is 0. The second-order valence-corrected chi connectivity index (χ2v) is 9.01. The third-order valence-corrected chi connectivity index (χ3v) is 6.99. The molecule has 172 valence electrons. The first-order valence-corrected chi connectivity index (χ1v) is 11.6. The Morgan fingerprint density at radius 3 is 2.42 bits per heavy atom. The number of allylic oxidation sites excluding steroid dienone is 7. The smallest absolute Gasteiger partial charge is 0.331 e. The van der Waals surface area contributed by atoms with Crippen molar-refractivity contribution in [3.05, 3.63) is 46.5 Å². The zero-order valence-corrected chi connectivity index (χ0v) is 18.8. The first-order chi connectivity index (χ1) is 14.8. The van der Waals surface area contributed by atoms with Gasteiger partial charge in [0.1, 0.15) is 11.5 Å². The van der Waals surface area contributed by atoms with Crippen LogP contribution in [0.2, 0.25) is 0 Å². The molecule has 0 aromatic rings. The molecule has 1 aliphatic heterocycles. The molecule has 1 heterocycles. The predicted molar refractivity (Wildman–Crippen MR) is 118 cm³/mol. The third kappa shape index (κ3) is 6.28. The van der Waals surface area contributed by atoms with E-state index in [-0.39, 0.29) is 5.57 Å². The number of ether oxygens (including phenoxy) is 1. The van der Waals surface area contributed by atoms with Gasteiger partial charge in [-0.2, -0.15) is 0 Å². The molecule has 0 bridgehead atoms. The van der Waals surface area contributed by atoms with Gasteiger partial charge in [0.2, 0.25) is 0 Å². The number of hydrogen-bond donors (Lipinski definition) is 1. The van der Waals surface area contributed by atoms with Gasteiger partial charge < -0.3 is 14.7 Å². The van der Waals surface area contributed by atoms with Gasteiger partial charge in [-0.15, -0.1) is 0 Å². The van der Waals surface area contributed by atoms with E-state index in [1.54, 1.807) is 0 Å². The van der Waals surface area contributed by atoms with Crippen LogP contribution in [0.1, 0.15) is 65.2 Å². The minimum Gasteiger partial charge on any atom is -0.498 e. The van der Waals surface area contributed by atoms with Crippen molar-refractivity contribution < 1.29 is 23.4 Å². The summed E-state index contributed by atoms with van der Waals surface area (Å²) in [6.45, 7) is 6.88. The maximum Gasteiger partial charge on any atom is 0.331 e. The molecule has 3 rings (SSSR count). The van der Waals surface area contributed by atoms with Gasteiger partial charge in [0.05, 0.1) is 12.4 Å². The summed E-state index contributed by atoms with van der Waals surface area (Å²) in [4.78, 5) is 13.3. The number of aliphatic carboxylic acids is 1. The number of hydrogen-bond acceptors (Lipinski definition) is 3. The Morgan fingerprint density at radius 1 is 1.16 bits per heavy atom. The van der Waals surface area contributed by atoms with Crippen LogP contribution in [0.3, 0.4) is 0 Å². The van der Waals surface area contributed by atoms with E-state index in [0.29, 0.717) is 56.7 Å². The van der Waals surface area contributed by atoms with E-state index < -0.39 is 17.5 Å². The molecule has 4 nitrogen and oxygen atoms in total. The molecular weight excluding hydrogens is 400 g/mol. The van der Waals surface area contributed by atoms with Crippen LogP contribution in [0.15, 0.2) is 46.5 Å². The van der Waals surface area contributed by atoms with Crippen molar-refractivity contribution in [3.63, 3.8) is 0 Å². The van der Waals surface area contributed by atoms with Crippen LogP contribution in [-0.2, 0) is 9.53 Å². The Kier molecular flexibility index (Phi) is 8.09. The van der Waals surface area contributed by atoms with Gasteiger partial charge in [-0.3, -0.25) is 0 Å². The summed E-state index contributed by atoms with van der Waals surface area (Å²) < 4.78 is 35.0. The Labute approximate surface area is 184 Å². The summed E-state index contributed by atoms with van der Waals surface area (Å²) >= 11 is 0. The van der Waals surface area contributed by atoms with E-state index in [9.17, 15) is 13.6 Å². The summed E-state index contributed by atoms with van der Waals surface area (Å²) in [5, 5.41) is 9.02. The van der Waals surface area contributed by atoms with E-state index in [4.69, 9.17) is 9.84 Å². The number of halogens is 2. The maximum atomic E-state index is 14.6. The molecule has 0 saturated carbocycles. The van der Waals surface area contributed by atoms with Crippen LogP contribution < -0.4 is 0 Å². The fraction of sp³-hybridized carbons (Fsp3) is 0.640. The topological polar surface area (TPSA) is 49.8 Å². The zero-order valence-electron chi connectivity index (χ0n) is 18.8. The number of likely N-dealkylation sites (tertiary alicyclic amines) is 1. The lowest BCUT2D eigenvalue weighted by molar-refractivity contribution is -0.132. The van der Waals surface area contributed by atoms with Gasteiger partial charge in [-0.1, -0.05) is 19.9 Å². The molecule has 0 aromatic heterocycles. The first-order valence-electron chi connectivity index (χ1n) is 11.6. The number of nitrogens with zero attached hydrogens (tertiary/aromatic N) is 1. The molecule has 3 aliphatic rings. The van der Waals surface area contributed by atoms with Crippen molar-refractivity contribution in [1.29, 1.82) is 0 Å². The second kappa shape index (κ2) is 10.6. The van der Waals surface area contributed by atoms with Crippen LogP contribution in [0.25, 0.3) is 0 Å². The van der Waals surface area contributed by atoms with E-state index in [0.717, 1.165) is 49.8 Å². The monoisotopic (exact) mass is 435 g/mol. The van der Waals surface area contributed by atoms with Crippen LogP contribution >= 0.6 is 0 Å². The van der Waals surface area contributed by atoms with E-state index in [1.807, 2.05) is 26.0 Å². The number of piperidine rings is 1. The van der Waals surface area contributed by atoms with E-state index >= 15 is 0 Å². The standard InChI is InChI=1S/C25H35F2NO3/c1-3-25(27,4-2)17-28-13-11-18(12-14-28)16-31-21-8-5-19(6-9-21)22-10-7-20(24(29)30)15-23(22)26/h5,8,15,18H,3-4,6-7,9-14,16-17H2,1-2H3,(H,29,30). The lowest BCUT2D eigenvalue weighted by Gasteiger charge is -2.36. The summed E-state index contributed by atoms with van der Waals surface area (Å²) in [5.41, 5.74) is 0.611. The molecule has 2 aliphatic carbocycles. The Balaban J connectivity index is 1.47. The van der Waals surface area contributed by atoms with Crippen molar-refractivity contribution in [2.45, 2.75) is 70.9 Å². The average molecular weight is 436 g/mol. The lowest BCUT2D eigenvalue weighted by Crippen LogP contribution is -2.43. The van der Waals surface area contributed by atoms with Crippen molar-refractivity contribution in [3.8, 4) is 0 Å². The number of carbonyl (C=O) groups is 1. The third-order valence-electron chi connectivity index (χ3n) is 6.99. The predicted octanol–water partition coefficient (Wildman–Crippen LogP) is 5.88. The molecule has 0 atom stereocenters. The molecule has 6 heteroatoms. The number of carboxylic acid groups (broad SMARTS) is 1. The molecule has 1 saturated heterocycles. The second-order valence-electron chi connectivity index (χ2n) is 9.01. The van der Waals surface area contributed by atoms with Gasteiger partial charge >= 0.3 is 5.97 Å². The molecule has 31 heavy (non-hydrogen) atoms. The Bertz CT molecular complexity index is 785.